The first-order valence-corrected chi connectivity index (χ1v) is 7.16. The first-order chi connectivity index (χ1) is 9.76. The molecular formula is C15H19ClN2O2. The summed E-state index contributed by atoms with van der Waals surface area (Å²) in [4.78, 5) is 0. The highest BCUT2D eigenvalue weighted by molar-refractivity contribution is 6.30. The Kier molecular flexibility index (Phi) is 5.44. The number of halogens is 1. The molecule has 2 aromatic rings. The Balaban J connectivity index is 1.87. The molecule has 2 rings (SSSR count). The quantitative estimate of drug-likeness (QED) is 0.798. The van der Waals surface area contributed by atoms with Crippen molar-refractivity contribution in [2.24, 2.45) is 0 Å². The van der Waals surface area contributed by atoms with E-state index in [1.807, 2.05) is 37.3 Å². The molecule has 0 aliphatic heterocycles. The van der Waals surface area contributed by atoms with Gasteiger partial charge >= 0.3 is 0 Å². The van der Waals surface area contributed by atoms with Crippen LogP contribution in [-0.4, -0.2) is 21.5 Å². The fraction of sp³-hybridized carbons (Fsp3) is 0.400. The van der Waals surface area contributed by atoms with Crippen molar-refractivity contribution in [3.8, 4) is 5.75 Å². The SMILES string of the molecule is CCc1nn(CCCOc2ccccc2)c(Cl)c1CO. The van der Waals surface area contributed by atoms with Gasteiger partial charge in [-0.1, -0.05) is 36.7 Å². The molecule has 20 heavy (non-hydrogen) atoms. The molecule has 0 amide bonds. The molecule has 0 bridgehead atoms. The Morgan fingerprint density at radius 3 is 2.65 bits per heavy atom. The minimum atomic E-state index is -0.0669. The topological polar surface area (TPSA) is 47.3 Å². The Labute approximate surface area is 123 Å². The molecule has 0 radical (unpaired) electrons. The zero-order valence-electron chi connectivity index (χ0n) is 11.6. The number of aromatic nitrogens is 2. The van der Waals surface area contributed by atoms with E-state index in [2.05, 4.69) is 5.10 Å². The van der Waals surface area contributed by atoms with Crippen LogP contribution in [0.5, 0.6) is 5.75 Å². The summed E-state index contributed by atoms with van der Waals surface area (Å²) in [5, 5.41) is 14.2. The number of ether oxygens (including phenoxy) is 1. The number of hydrogen-bond donors (Lipinski definition) is 1. The molecule has 0 aliphatic rings. The lowest BCUT2D eigenvalue weighted by Crippen LogP contribution is -2.06. The van der Waals surface area contributed by atoms with Gasteiger partial charge in [0.25, 0.3) is 0 Å². The Hall–Kier alpha value is -1.52. The largest absolute Gasteiger partial charge is 0.494 e. The van der Waals surface area contributed by atoms with Gasteiger partial charge in [0.05, 0.1) is 18.9 Å². The van der Waals surface area contributed by atoms with Gasteiger partial charge < -0.3 is 9.84 Å². The highest BCUT2D eigenvalue weighted by Crippen LogP contribution is 2.21. The second-order valence-electron chi connectivity index (χ2n) is 4.47. The van der Waals surface area contributed by atoms with Gasteiger partial charge in [0.2, 0.25) is 0 Å². The van der Waals surface area contributed by atoms with Crippen LogP contribution in [0.15, 0.2) is 30.3 Å². The highest BCUT2D eigenvalue weighted by Gasteiger charge is 2.13. The van der Waals surface area contributed by atoms with Crippen molar-refractivity contribution in [1.82, 2.24) is 9.78 Å². The predicted molar refractivity (Wildman–Crippen MR) is 79.1 cm³/mol. The lowest BCUT2D eigenvalue weighted by atomic mass is 10.2. The van der Waals surface area contributed by atoms with Crippen LogP contribution < -0.4 is 4.74 Å². The summed E-state index contributed by atoms with van der Waals surface area (Å²) in [5.41, 5.74) is 1.60. The molecule has 4 nitrogen and oxygen atoms in total. The first kappa shape index (κ1) is 14.9. The molecule has 1 aromatic heterocycles. The average Bonchev–Trinajstić information content (AvgIpc) is 2.80. The molecule has 0 saturated carbocycles. The van der Waals surface area contributed by atoms with Gasteiger partial charge in [-0.05, 0) is 18.6 Å². The van der Waals surface area contributed by atoms with Gasteiger partial charge in [-0.3, -0.25) is 4.68 Å². The average molecular weight is 295 g/mol. The Morgan fingerprint density at radius 1 is 1.30 bits per heavy atom. The maximum Gasteiger partial charge on any atom is 0.132 e. The molecule has 108 valence electrons. The number of benzene rings is 1. The number of aliphatic hydroxyl groups is 1. The summed E-state index contributed by atoms with van der Waals surface area (Å²) in [7, 11) is 0. The first-order valence-electron chi connectivity index (χ1n) is 6.79. The lowest BCUT2D eigenvalue weighted by molar-refractivity contribution is 0.280. The second-order valence-corrected chi connectivity index (χ2v) is 4.82. The van der Waals surface area contributed by atoms with Crippen molar-refractivity contribution < 1.29 is 9.84 Å². The van der Waals surface area contributed by atoms with Crippen LogP contribution in [0, 0.1) is 0 Å². The maximum atomic E-state index is 9.30. The predicted octanol–water partition coefficient (Wildman–Crippen LogP) is 3.06. The number of nitrogens with zero attached hydrogens (tertiary/aromatic N) is 2. The summed E-state index contributed by atoms with van der Waals surface area (Å²) in [5.74, 6) is 0.865. The molecule has 0 fully saturated rings. The molecule has 0 spiro atoms. The van der Waals surface area contributed by atoms with Crippen LogP contribution in [0.25, 0.3) is 0 Å². The van der Waals surface area contributed by atoms with Crippen LogP contribution in [0.3, 0.4) is 0 Å². The molecule has 1 heterocycles. The third kappa shape index (κ3) is 3.52. The molecule has 0 atom stereocenters. The van der Waals surface area contributed by atoms with Crippen LogP contribution in [0.4, 0.5) is 0 Å². The Morgan fingerprint density at radius 2 is 2.05 bits per heavy atom. The Bertz CT molecular complexity index is 540. The second kappa shape index (κ2) is 7.31. The van der Waals surface area contributed by atoms with E-state index in [-0.39, 0.29) is 6.61 Å². The van der Waals surface area contributed by atoms with Crippen molar-refractivity contribution in [3.05, 3.63) is 46.7 Å². The molecule has 0 saturated heterocycles. The van der Waals surface area contributed by atoms with Gasteiger partial charge in [0, 0.05) is 18.5 Å². The van der Waals surface area contributed by atoms with E-state index in [1.165, 1.54) is 0 Å². The van der Waals surface area contributed by atoms with Crippen LogP contribution in [-0.2, 0) is 19.6 Å². The molecule has 0 unspecified atom stereocenters. The molecule has 1 N–H and O–H groups in total. The van der Waals surface area contributed by atoms with E-state index in [1.54, 1.807) is 4.68 Å². The van der Waals surface area contributed by atoms with Gasteiger partial charge in [-0.25, -0.2) is 0 Å². The number of para-hydroxylation sites is 1. The third-order valence-electron chi connectivity index (χ3n) is 3.08. The van der Waals surface area contributed by atoms with Gasteiger partial charge in [0.15, 0.2) is 0 Å². The van der Waals surface area contributed by atoms with Crippen molar-refractivity contribution in [3.63, 3.8) is 0 Å². The summed E-state index contributed by atoms with van der Waals surface area (Å²) >= 11 is 6.20. The van der Waals surface area contributed by atoms with E-state index in [4.69, 9.17) is 16.3 Å². The van der Waals surface area contributed by atoms with Crippen LogP contribution >= 0.6 is 11.6 Å². The van der Waals surface area contributed by atoms with E-state index in [0.717, 1.165) is 29.8 Å². The number of aryl methyl sites for hydroxylation is 2. The minimum absolute atomic E-state index is 0.0669. The highest BCUT2D eigenvalue weighted by atomic mass is 35.5. The van der Waals surface area contributed by atoms with Crippen molar-refractivity contribution in [2.75, 3.05) is 6.61 Å². The number of rotatable bonds is 7. The zero-order chi connectivity index (χ0) is 14.4. The van der Waals surface area contributed by atoms with E-state index in [9.17, 15) is 5.11 Å². The van der Waals surface area contributed by atoms with Crippen molar-refractivity contribution in [2.45, 2.75) is 32.9 Å². The zero-order valence-corrected chi connectivity index (χ0v) is 12.3. The molecular weight excluding hydrogens is 276 g/mol. The van der Waals surface area contributed by atoms with Crippen LogP contribution in [0.2, 0.25) is 5.15 Å². The summed E-state index contributed by atoms with van der Waals surface area (Å²) in [6, 6.07) is 9.71. The van der Waals surface area contributed by atoms with Crippen LogP contribution in [0.1, 0.15) is 24.6 Å². The monoisotopic (exact) mass is 294 g/mol. The van der Waals surface area contributed by atoms with Crippen molar-refractivity contribution in [1.29, 1.82) is 0 Å². The number of hydrogen-bond acceptors (Lipinski definition) is 3. The minimum Gasteiger partial charge on any atom is -0.494 e. The van der Waals surface area contributed by atoms with E-state index in [0.29, 0.717) is 18.3 Å². The van der Waals surface area contributed by atoms with Gasteiger partial charge in [-0.2, -0.15) is 5.10 Å². The fourth-order valence-corrected chi connectivity index (χ4v) is 2.33. The van der Waals surface area contributed by atoms with Crippen molar-refractivity contribution >= 4 is 11.6 Å². The van der Waals surface area contributed by atoms with Gasteiger partial charge in [-0.15, -0.1) is 0 Å². The summed E-state index contributed by atoms with van der Waals surface area (Å²) in [6.07, 6.45) is 1.58. The maximum absolute atomic E-state index is 9.30. The third-order valence-corrected chi connectivity index (χ3v) is 3.51. The molecule has 0 aliphatic carbocycles. The molecule has 1 aromatic carbocycles. The molecule has 5 heteroatoms. The lowest BCUT2D eigenvalue weighted by Gasteiger charge is -2.06. The van der Waals surface area contributed by atoms with E-state index >= 15 is 0 Å². The van der Waals surface area contributed by atoms with Gasteiger partial charge in [0.1, 0.15) is 10.9 Å². The smallest absolute Gasteiger partial charge is 0.132 e. The van der Waals surface area contributed by atoms with E-state index < -0.39 is 0 Å². The number of aliphatic hydroxyl groups excluding tert-OH is 1. The standard InChI is InChI=1S/C15H19ClN2O2/c1-2-14-13(11-19)15(16)18(17-14)9-6-10-20-12-7-4-3-5-8-12/h3-5,7-8,19H,2,6,9-11H2,1H3. The summed E-state index contributed by atoms with van der Waals surface area (Å²) < 4.78 is 7.36. The fourth-order valence-electron chi connectivity index (χ4n) is 2.03. The summed E-state index contributed by atoms with van der Waals surface area (Å²) in [6.45, 7) is 3.22. The normalized spacial score (nSPS) is 10.8.